The van der Waals surface area contributed by atoms with Gasteiger partial charge >= 0.3 is 7.60 Å². The van der Waals surface area contributed by atoms with Gasteiger partial charge in [-0.25, -0.2) is 0 Å². The van der Waals surface area contributed by atoms with Crippen molar-refractivity contribution in [2.45, 2.75) is 13.8 Å². The maximum Gasteiger partial charge on any atom is 0.371 e. The van der Waals surface area contributed by atoms with E-state index in [1.165, 1.54) is 6.08 Å². The molecular formula is C13H16NO4P. The minimum atomic E-state index is -3.52. The highest BCUT2D eigenvalue weighted by Crippen LogP contribution is 2.55. The summed E-state index contributed by atoms with van der Waals surface area (Å²) in [5, 5.41) is 9.04. The molecule has 6 heteroatoms. The quantitative estimate of drug-likeness (QED) is 0.429. The van der Waals surface area contributed by atoms with Crippen LogP contribution in [0.25, 0.3) is 6.08 Å². The second-order valence-corrected chi connectivity index (χ2v) is 5.36. The zero-order valence-corrected chi connectivity index (χ0v) is 11.8. The van der Waals surface area contributed by atoms with Crippen molar-refractivity contribution in [1.29, 1.82) is 5.26 Å². The predicted octanol–water partition coefficient (Wildman–Crippen LogP) is 3.97. The van der Waals surface area contributed by atoms with Crippen LogP contribution in [0.1, 0.15) is 19.6 Å². The van der Waals surface area contributed by atoms with E-state index in [9.17, 15) is 4.57 Å². The second-order valence-electron chi connectivity index (χ2n) is 3.37. The standard InChI is InChI=1S/C13H16NO4P/c1-3-17-19(15,18-4-2)13(11-14)9-5-7-12-8-6-10-16-12/h5-10H,3-4H2,1-2H3. The Morgan fingerprint density at radius 1 is 1.47 bits per heavy atom. The van der Waals surface area contributed by atoms with Gasteiger partial charge in [0.1, 0.15) is 17.1 Å². The van der Waals surface area contributed by atoms with Crippen LogP contribution in [-0.2, 0) is 13.6 Å². The molecule has 0 N–H and O–H groups in total. The van der Waals surface area contributed by atoms with Gasteiger partial charge in [-0.05, 0) is 38.1 Å². The molecule has 5 nitrogen and oxygen atoms in total. The summed E-state index contributed by atoms with van der Waals surface area (Å²) in [6.07, 6.45) is 6.18. The zero-order chi connectivity index (χ0) is 14.1. The van der Waals surface area contributed by atoms with Crippen molar-refractivity contribution in [3.63, 3.8) is 0 Å². The lowest BCUT2D eigenvalue weighted by Crippen LogP contribution is -1.97. The Hall–Kier alpha value is -1.60. The average Bonchev–Trinajstić information content (AvgIpc) is 2.88. The Bertz CT molecular complexity index is 515. The smallest absolute Gasteiger partial charge is 0.371 e. The van der Waals surface area contributed by atoms with E-state index < -0.39 is 7.60 Å². The van der Waals surface area contributed by atoms with Crippen LogP contribution >= 0.6 is 7.60 Å². The number of hydrogen-bond donors (Lipinski definition) is 0. The van der Waals surface area contributed by atoms with Crippen molar-refractivity contribution in [3.05, 3.63) is 41.6 Å². The van der Waals surface area contributed by atoms with Crippen LogP contribution in [0, 0.1) is 11.3 Å². The lowest BCUT2D eigenvalue weighted by atomic mass is 10.4. The van der Waals surface area contributed by atoms with Crippen LogP contribution in [0.15, 0.2) is 40.3 Å². The van der Waals surface area contributed by atoms with Gasteiger partial charge in [0.25, 0.3) is 0 Å². The summed E-state index contributed by atoms with van der Waals surface area (Å²) < 4.78 is 27.6. The van der Waals surface area contributed by atoms with Crippen molar-refractivity contribution >= 4 is 13.7 Å². The molecule has 1 heterocycles. The van der Waals surface area contributed by atoms with Crippen LogP contribution in [0.5, 0.6) is 0 Å². The molecule has 0 aliphatic carbocycles. The highest BCUT2D eigenvalue weighted by Gasteiger charge is 2.29. The van der Waals surface area contributed by atoms with Crippen molar-refractivity contribution in [1.82, 2.24) is 0 Å². The van der Waals surface area contributed by atoms with E-state index in [1.807, 2.05) is 6.07 Å². The Labute approximate surface area is 112 Å². The largest absolute Gasteiger partial charge is 0.465 e. The summed E-state index contributed by atoms with van der Waals surface area (Å²) >= 11 is 0. The molecular weight excluding hydrogens is 265 g/mol. The normalized spacial score (nSPS) is 12.8. The lowest BCUT2D eigenvalue weighted by molar-refractivity contribution is 0.227. The molecule has 0 bridgehead atoms. The number of hydrogen-bond acceptors (Lipinski definition) is 5. The van der Waals surface area contributed by atoms with Gasteiger partial charge in [-0.3, -0.25) is 4.57 Å². The predicted molar refractivity (Wildman–Crippen MR) is 72.3 cm³/mol. The van der Waals surface area contributed by atoms with E-state index >= 15 is 0 Å². The van der Waals surface area contributed by atoms with E-state index in [0.29, 0.717) is 5.76 Å². The van der Waals surface area contributed by atoms with Crippen molar-refractivity contribution in [2.24, 2.45) is 0 Å². The van der Waals surface area contributed by atoms with Gasteiger partial charge in [0.2, 0.25) is 0 Å². The SMILES string of the molecule is CCOP(=O)(OCC)C(C#N)=CC=Cc1ccco1. The third-order valence-corrected chi connectivity index (χ3v) is 4.10. The van der Waals surface area contributed by atoms with Gasteiger partial charge in [-0.1, -0.05) is 6.08 Å². The highest BCUT2D eigenvalue weighted by molar-refractivity contribution is 7.58. The molecule has 0 radical (unpaired) electrons. The van der Waals surface area contributed by atoms with Gasteiger partial charge in [-0.15, -0.1) is 0 Å². The summed E-state index contributed by atoms with van der Waals surface area (Å²) in [5.41, 5.74) is 0. The minimum absolute atomic E-state index is 0.0287. The zero-order valence-electron chi connectivity index (χ0n) is 10.9. The van der Waals surface area contributed by atoms with Crippen LogP contribution < -0.4 is 0 Å². The number of rotatable bonds is 7. The summed E-state index contributed by atoms with van der Waals surface area (Å²) in [4.78, 5) is 0. The Morgan fingerprint density at radius 2 is 2.16 bits per heavy atom. The Morgan fingerprint density at radius 3 is 2.63 bits per heavy atom. The fourth-order valence-electron chi connectivity index (χ4n) is 1.33. The Kier molecular flexibility index (Phi) is 6.31. The first-order valence-electron chi connectivity index (χ1n) is 5.88. The van der Waals surface area contributed by atoms with Crippen LogP contribution in [0.3, 0.4) is 0 Å². The molecule has 0 unspecified atom stereocenters. The molecule has 0 aliphatic rings. The maximum atomic E-state index is 12.3. The molecule has 0 fully saturated rings. The number of nitriles is 1. The van der Waals surface area contributed by atoms with Gasteiger partial charge in [0.05, 0.1) is 19.5 Å². The van der Waals surface area contributed by atoms with Gasteiger partial charge < -0.3 is 13.5 Å². The third kappa shape index (κ3) is 4.53. The van der Waals surface area contributed by atoms with E-state index in [4.69, 9.17) is 18.7 Å². The fourth-order valence-corrected chi connectivity index (χ4v) is 2.75. The number of nitrogens with zero attached hydrogens (tertiary/aromatic N) is 1. The monoisotopic (exact) mass is 281 g/mol. The summed E-state index contributed by atoms with van der Waals surface area (Å²) in [7, 11) is -3.52. The maximum absolute atomic E-state index is 12.3. The number of allylic oxidation sites excluding steroid dienone is 3. The molecule has 0 aliphatic heterocycles. The lowest BCUT2D eigenvalue weighted by Gasteiger charge is -2.15. The molecule has 1 aromatic heterocycles. The first kappa shape index (κ1) is 15.5. The summed E-state index contributed by atoms with van der Waals surface area (Å²) in [6, 6.07) is 5.37. The van der Waals surface area contributed by atoms with Gasteiger partial charge in [-0.2, -0.15) is 5.26 Å². The van der Waals surface area contributed by atoms with E-state index in [0.717, 1.165) is 0 Å². The van der Waals surface area contributed by atoms with Crippen LogP contribution in [0.2, 0.25) is 0 Å². The fraction of sp³-hybridized carbons (Fsp3) is 0.308. The second kappa shape index (κ2) is 7.75. The van der Waals surface area contributed by atoms with Crippen molar-refractivity contribution in [3.8, 4) is 6.07 Å². The molecule has 102 valence electrons. The van der Waals surface area contributed by atoms with Crippen LogP contribution in [0.4, 0.5) is 0 Å². The summed E-state index contributed by atoms with van der Waals surface area (Å²) in [6.45, 7) is 3.80. The van der Waals surface area contributed by atoms with E-state index in [2.05, 4.69) is 0 Å². The molecule has 0 saturated heterocycles. The molecule has 1 rings (SSSR count). The molecule has 0 saturated carbocycles. The first-order valence-corrected chi connectivity index (χ1v) is 7.42. The highest BCUT2D eigenvalue weighted by atomic mass is 31.2. The Balaban J connectivity index is 2.91. The summed E-state index contributed by atoms with van der Waals surface area (Å²) in [5.74, 6) is 0.635. The molecule has 0 aromatic carbocycles. The minimum Gasteiger partial charge on any atom is -0.465 e. The van der Waals surface area contributed by atoms with E-state index in [1.54, 1.807) is 44.4 Å². The van der Waals surface area contributed by atoms with Gasteiger partial charge in [0, 0.05) is 0 Å². The van der Waals surface area contributed by atoms with Crippen LogP contribution in [-0.4, -0.2) is 13.2 Å². The van der Waals surface area contributed by atoms with Crippen molar-refractivity contribution < 1.29 is 18.0 Å². The van der Waals surface area contributed by atoms with Gasteiger partial charge in [0.15, 0.2) is 0 Å². The van der Waals surface area contributed by atoms with E-state index in [-0.39, 0.29) is 18.5 Å². The third-order valence-electron chi connectivity index (χ3n) is 2.07. The average molecular weight is 281 g/mol. The topological polar surface area (TPSA) is 72.5 Å². The molecule has 19 heavy (non-hydrogen) atoms. The first-order chi connectivity index (χ1) is 9.16. The number of furan rings is 1. The molecule has 0 atom stereocenters. The molecule has 1 aromatic rings. The molecule has 0 amide bonds. The molecule has 0 spiro atoms. The van der Waals surface area contributed by atoms with Crippen molar-refractivity contribution in [2.75, 3.05) is 13.2 Å².